The first-order valence-corrected chi connectivity index (χ1v) is 5.64. The zero-order valence-corrected chi connectivity index (χ0v) is 10.3. The number of pyridine rings is 1. The Morgan fingerprint density at radius 2 is 2.16 bits per heavy atom. The lowest BCUT2D eigenvalue weighted by Gasteiger charge is -2.16. The molecule has 0 unspecified atom stereocenters. The van der Waals surface area contributed by atoms with Crippen LogP contribution in [0.15, 0.2) is 36.7 Å². The van der Waals surface area contributed by atoms with Crippen LogP contribution in [0.4, 0.5) is 10.5 Å². The van der Waals surface area contributed by atoms with Crippen molar-refractivity contribution in [2.45, 2.75) is 0 Å². The second-order valence-electron chi connectivity index (χ2n) is 4.08. The van der Waals surface area contributed by atoms with E-state index in [9.17, 15) is 9.59 Å². The molecule has 6 heteroatoms. The predicted octanol–water partition coefficient (Wildman–Crippen LogP) is 1.78. The van der Waals surface area contributed by atoms with E-state index in [2.05, 4.69) is 10.3 Å². The molecule has 0 atom stereocenters. The van der Waals surface area contributed by atoms with Gasteiger partial charge >= 0.3 is 12.0 Å². The lowest BCUT2D eigenvalue weighted by atomic mass is 10.1. The molecule has 1 heterocycles. The van der Waals surface area contributed by atoms with Crippen LogP contribution < -0.4 is 5.32 Å². The molecule has 2 amide bonds. The summed E-state index contributed by atoms with van der Waals surface area (Å²) in [6.45, 7) is -0.349. The van der Waals surface area contributed by atoms with Crippen molar-refractivity contribution in [3.8, 4) is 0 Å². The predicted molar refractivity (Wildman–Crippen MR) is 71.0 cm³/mol. The molecule has 98 valence electrons. The minimum Gasteiger partial charge on any atom is -0.480 e. The second-order valence-corrected chi connectivity index (χ2v) is 4.08. The van der Waals surface area contributed by atoms with E-state index in [0.717, 1.165) is 15.7 Å². The number of hydrogen-bond donors (Lipinski definition) is 2. The van der Waals surface area contributed by atoms with Gasteiger partial charge in [-0.05, 0) is 12.1 Å². The van der Waals surface area contributed by atoms with Crippen LogP contribution >= 0.6 is 0 Å². The van der Waals surface area contributed by atoms with Crippen LogP contribution in [0.1, 0.15) is 0 Å². The second kappa shape index (κ2) is 5.34. The van der Waals surface area contributed by atoms with Gasteiger partial charge in [-0.2, -0.15) is 0 Å². The molecule has 0 bridgehead atoms. The Morgan fingerprint density at radius 3 is 2.89 bits per heavy atom. The van der Waals surface area contributed by atoms with Crippen molar-refractivity contribution in [2.75, 3.05) is 18.9 Å². The quantitative estimate of drug-likeness (QED) is 0.880. The van der Waals surface area contributed by atoms with Crippen LogP contribution in [0, 0.1) is 0 Å². The van der Waals surface area contributed by atoms with Gasteiger partial charge < -0.3 is 15.3 Å². The Kier molecular flexibility index (Phi) is 3.61. The average molecular weight is 259 g/mol. The maximum Gasteiger partial charge on any atom is 0.323 e. The van der Waals surface area contributed by atoms with Gasteiger partial charge in [-0.15, -0.1) is 0 Å². The zero-order chi connectivity index (χ0) is 13.8. The number of carbonyl (C=O) groups excluding carboxylic acids is 1. The molecule has 2 aromatic rings. The first-order chi connectivity index (χ1) is 9.08. The number of benzene rings is 1. The van der Waals surface area contributed by atoms with Crippen LogP contribution in [0.3, 0.4) is 0 Å². The number of aromatic nitrogens is 1. The van der Waals surface area contributed by atoms with Crippen molar-refractivity contribution in [1.82, 2.24) is 9.88 Å². The molecule has 19 heavy (non-hydrogen) atoms. The Hall–Kier alpha value is -2.63. The molecule has 0 aliphatic carbocycles. The number of aliphatic carboxylic acids is 1. The first kappa shape index (κ1) is 12.8. The van der Waals surface area contributed by atoms with E-state index in [1.807, 2.05) is 6.07 Å². The number of carboxylic acids is 1. The molecule has 0 spiro atoms. The highest BCUT2D eigenvalue weighted by Crippen LogP contribution is 2.22. The van der Waals surface area contributed by atoms with Gasteiger partial charge in [-0.3, -0.25) is 9.78 Å². The van der Waals surface area contributed by atoms with Crippen molar-refractivity contribution in [3.63, 3.8) is 0 Å². The summed E-state index contributed by atoms with van der Waals surface area (Å²) in [7, 11) is 1.43. The number of likely N-dealkylation sites (N-methyl/N-ethyl adjacent to an activating group) is 1. The number of carboxylic acid groups (broad SMARTS) is 1. The summed E-state index contributed by atoms with van der Waals surface area (Å²) < 4.78 is 0. The number of nitrogens with one attached hydrogen (secondary N) is 1. The lowest BCUT2D eigenvalue weighted by molar-refractivity contribution is -0.137. The molecule has 0 fully saturated rings. The lowest BCUT2D eigenvalue weighted by Crippen LogP contribution is -2.35. The molecule has 1 aromatic carbocycles. The average Bonchev–Trinajstić information content (AvgIpc) is 2.38. The van der Waals surface area contributed by atoms with Crippen molar-refractivity contribution < 1.29 is 14.7 Å². The Balaban J connectivity index is 2.22. The van der Waals surface area contributed by atoms with Crippen LogP contribution in [0.2, 0.25) is 0 Å². The highest BCUT2D eigenvalue weighted by Gasteiger charge is 2.12. The minimum atomic E-state index is -1.06. The van der Waals surface area contributed by atoms with Gasteiger partial charge in [-0.1, -0.05) is 12.1 Å². The van der Waals surface area contributed by atoms with Gasteiger partial charge in [-0.25, -0.2) is 4.79 Å². The molecule has 0 aliphatic rings. The summed E-state index contributed by atoms with van der Waals surface area (Å²) in [6.07, 6.45) is 3.34. The number of urea groups is 1. The zero-order valence-electron chi connectivity index (χ0n) is 10.3. The molecule has 0 radical (unpaired) electrons. The van der Waals surface area contributed by atoms with E-state index in [-0.39, 0.29) is 6.54 Å². The van der Waals surface area contributed by atoms with E-state index in [4.69, 9.17) is 5.11 Å². The van der Waals surface area contributed by atoms with E-state index in [0.29, 0.717) is 5.69 Å². The fourth-order valence-electron chi connectivity index (χ4n) is 1.72. The Labute approximate surface area is 109 Å². The van der Waals surface area contributed by atoms with Gasteiger partial charge in [0.1, 0.15) is 6.54 Å². The summed E-state index contributed by atoms with van der Waals surface area (Å²) >= 11 is 0. The third-order valence-corrected chi connectivity index (χ3v) is 2.64. The van der Waals surface area contributed by atoms with Crippen molar-refractivity contribution in [2.24, 2.45) is 0 Å². The molecule has 0 saturated heterocycles. The molecule has 6 nitrogen and oxygen atoms in total. The van der Waals surface area contributed by atoms with Crippen molar-refractivity contribution >= 4 is 28.5 Å². The summed E-state index contributed by atoms with van der Waals surface area (Å²) in [5.74, 6) is -1.06. The third kappa shape index (κ3) is 2.98. The highest BCUT2D eigenvalue weighted by molar-refractivity contribution is 6.01. The largest absolute Gasteiger partial charge is 0.480 e. The third-order valence-electron chi connectivity index (χ3n) is 2.64. The number of nitrogens with zero attached hydrogens (tertiary/aromatic N) is 2. The monoisotopic (exact) mass is 259 g/mol. The first-order valence-electron chi connectivity index (χ1n) is 5.64. The Morgan fingerprint density at radius 1 is 1.37 bits per heavy atom. The SMILES string of the molecule is CN(CC(=O)O)C(=O)Nc1cccc2cnccc12. The molecule has 2 rings (SSSR count). The maximum atomic E-state index is 11.8. The number of carbonyl (C=O) groups is 2. The molecule has 0 aliphatic heterocycles. The van der Waals surface area contributed by atoms with Gasteiger partial charge in [0, 0.05) is 30.2 Å². The number of hydrogen-bond acceptors (Lipinski definition) is 3. The highest BCUT2D eigenvalue weighted by atomic mass is 16.4. The van der Waals surface area contributed by atoms with Crippen molar-refractivity contribution in [3.05, 3.63) is 36.7 Å². The summed E-state index contributed by atoms with van der Waals surface area (Å²) in [4.78, 5) is 27.5. The van der Waals surface area contributed by atoms with Crippen molar-refractivity contribution in [1.29, 1.82) is 0 Å². The number of amides is 2. The van der Waals surface area contributed by atoms with Crippen LogP contribution in [0.5, 0.6) is 0 Å². The fraction of sp³-hybridized carbons (Fsp3) is 0.154. The molecule has 0 saturated carbocycles. The Bertz CT molecular complexity index is 622. The molecule has 2 N–H and O–H groups in total. The summed E-state index contributed by atoms with van der Waals surface area (Å²) in [5.41, 5.74) is 0.627. The number of fused-ring (bicyclic) bond motifs is 1. The van der Waals surface area contributed by atoms with E-state index in [1.54, 1.807) is 30.6 Å². The van der Waals surface area contributed by atoms with Crippen LogP contribution in [-0.4, -0.2) is 40.6 Å². The van der Waals surface area contributed by atoms with Gasteiger partial charge in [0.25, 0.3) is 0 Å². The van der Waals surface area contributed by atoms with E-state index in [1.165, 1.54) is 7.05 Å². The maximum absolute atomic E-state index is 11.8. The van der Waals surface area contributed by atoms with Crippen LogP contribution in [0.25, 0.3) is 10.8 Å². The van der Waals surface area contributed by atoms with Gasteiger partial charge in [0.2, 0.25) is 0 Å². The summed E-state index contributed by atoms with van der Waals surface area (Å²) in [5, 5.41) is 13.1. The number of rotatable bonds is 3. The normalized spacial score (nSPS) is 10.2. The standard InChI is InChI=1S/C13H13N3O3/c1-16(8-12(17)18)13(19)15-11-4-2-3-9-7-14-6-5-10(9)11/h2-7H,8H2,1H3,(H,15,19)(H,17,18). The molecular weight excluding hydrogens is 246 g/mol. The minimum absolute atomic E-state index is 0.349. The summed E-state index contributed by atoms with van der Waals surface area (Å²) in [6, 6.07) is 6.78. The van der Waals surface area contributed by atoms with Crippen LogP contribution in [-0.2, 0) is 4.79 Å². The number of anilines is 1. The van der Waals surface area contributed by atoms with Gasteiger partial charge in [0.15, 0.2) is 0 Å². The fourth-order valence-corrected chi connectivity index (χ4v) is 1.72. The van der Waals surface area contributed by atoms with Gasteiger partial charge in [0.05, 0.1) is 5.69 Å². The topological polar surface area (TPSA) is 82.5 Å². The molecule has 1 aromatic heterocycles. The smallest absolute Gasteiger partial charge is 0.323 e. The van der Waals surface area contributed by atoms with E-state index < -0.39 is 12.0 Å². The molecular formula is C13H13N3O3. The van der Waals surface area contributed by atoms with E-state index >= 15 is 0 Å².